The van der Waals surface area contributed by atoms with Gasteiger partial charge in [-0.3, -0.25) is 11.3 Å². The van der Waals surface area contributed by atoms with Crippen molar-refractivity contribution in [2.45, 2.75) is 18.9 Å². The summed E-state index contributed by atoms with van der Waals surface area (Å²) in [6.45, 7) is 0. The molecule has 2 nitrogen and oxygen atoms in total. The third kappa shape index (κ3) is 3.97. The lowest BCUT2D eigenvalue weighted by atomic mass is 9.98. The van der Waals surface area contributed by atoms with Gasteiger partial charge in [0.2, 0.25) is 0 Å². The van der Waals surface area contributed by atoms with Crippen molar-refractivity contribution >= 4 is 11.6 Å². The Morgan fingerprint density at radius 1 is 1.00 bits per heavy atom. The van der Waals surface area contributed by atoms with Crippen LogP contribution in [-0.4, -0.2) is 6.04 Å². The molecule has 1 unspecified atom stereocenters. The number of hydrazine groups is 1. The standard InChI is InChI=1S/C15H14ClF3N2/c16-12-5-4-9(7-15(12)19)6-10(21-20)8-11-13(17)2-1-3-14(11)18/h1-5,7,10,21H,6,8,20H2. The van der Waals surface area contributed by atoms with E-state index in [0.29, 0.717) is 12.0 Å². The Hall–Kier alpha value is -1.56. The van der Waals surface area contributed by atoms with E-state index >= 15 is 0 Å². The van der Waals surface area contributed by atoms with Crippen molar-refractivity contribution in [3.63, 3.8) is 0 Å². The van der Waals surface area contributed by atoms with Crippen LogP contribution in [0.3, 0.4) is 0 Å². The summed E-state index contributed by atoms with van der Waals surface area (Å²) >= 11 is 5.61. The van der Waals surface area contributed by atoms with E-state index in [-0.39, 0.29) is 17.0 Å². The summed E-state index contributed by atoms with van der Waals surface area (Å²) in [7, 11) is 0. The number of hydrogen-bond donors (Lipinski definition) is 2. The van der Waals surface area contributed by atoms with E-state index in [4.69, 9.17) is 17.4 Å². The Bertz CT molecular complexity index is 614. The maximum absolute atomic E-state index is 13.6. The number of halogens is 4. The summed E-state index contributed by atoms with van der Waals surface area (Å²) in [5.41, 5.74) is 3.09. The van der Waals surface area contributed by atoms with Crippen LogP contribution in [0.2, 0.25) is 5.02 Å². The summed E-state index contributed by atoms with van der Waals surface area (Å²) in [5.74, 6) is 3.63. The first-order chi connectivity index (χ1) is 10.0. The first-order valence-corrected chi connectivity index (χ1v) is 6.72. The zero-order valence-electron chi connectivity index (χ0n) is 11.0. The number of benzene rings is 2. The zero-order chi connectivity index (χ0) is 15.4. The fourth-order valence-electron chi connectivity index (χ4n) is 2.11. The molecule has 6 heteroatoms. The predicted molar refractivity (Wildman–Crippen MR) is 76.3 cm³/mol. The molecule has 21 heavy (non-hydrogen) atoms. The SMILES string of the molecule is NNC(Cc1ccc(Cl)c(F)c1)Cc1c(F)cccc1F. The monoisotopic (exact) mass is 314 g/mol. The topological polar surface area (TPSA) is 38.0 Å². The third-order valence-electron chi connectivity index (χ3n) is 3.21. The molecule has 0 aliphatic carbocycles. The van der Waals surface area contributed by atoms with Gasteiger partial charge in [-0.25, -0.2) is 13.2 Å². The normalized spacial score (nSPS) is 12.4. The van der Waals surface area contributed by atoms with Crippen LogP contribution in [0, 0.1) is 17.5 Å². The molecule has 0 aromatic heterocycles. The van der Waals surface area contributed by atoms with E-state index in [1.807, 2.05) is 0 Å². The summed E-state index contributed by atoms with van der Waals surface area (Å²) in [5, 5.41) is 0.0242. The minimum absolute atomic E-state index is 0.0242. The van der Waals surface area contributed by atoms with Crippen molar-refractivity contribution in [3.05, 3.63) is 70.0 Å². The minimum atomic E-state index is -0.627. The zero-order valence-corrected chi connectivity index (χ0v) is 11.8. The molecule has 0 heterocycles. The first-order valence-electron chi connectivity index (χ1n) is 6.34. The molecule has 1 atom stereocenters. The van der Waals surface area contributed by atoms with E-state index in [9.17, 15) is 13.2 Å². The van der Waals surface area contributed by atoms with E-state index in [0.717, 1.165) is 0 Å². The molecule has 0 bridgehead atoms. The lowest BCUT2D eigenvalue weighted by Crippen LogP contribution is -2.38. The molecule has 0 saturated carbocycles. The molecular formula is C15H14ClF3N2. The highest BCUT2D eigenvalue weighted by Crippen LogP contribution is 2.19. The fraction of sp³-hybridized carbons (Fsp3) is 0.200. The molecule has 3 N–H and O–H groups in total. The van der Waals surface area contributed by atoms with Crippen LogP contribution in [-0.2, 0) is 12.8 Å². The van der Waals surface area contributed by atoms with Gasteiger partial charge in [-0.05, 0) is 42.7 Å². The highest BCUT2D eigenvalue weighted by Gasteiger charge is 2.16. The van der Waals surface area contributed by atoms with Gasteiger partial charge in [-0.1, -0.05) is 23.7 Å². The lowest BCUT2D eigenvalue weighted by molar-refractivity contribution is 0.483. The van der Waals surface area contributed by atoms with E-state index < -0.39 is 23.5 Å². The minimum Gasteiger partial charge on any atom is -0.271 e. The van der Waals surface area contributed by atoms with Crippen LogP contribution in [0.15, 0.2) is 36.4 Å². The van der Waals surface area contributed by atoms with Crippen molar-refractivity contribution in [2.75, 3.05) is 0 Å². The van der Waals surface area contributed by atoms with E-state index in [1.54, 1.807) is 6.07 Å². The summed E-state index contributed by atoms with van der Waals surface area (Å²) < 4.78 is 40.6. The molecule has 2 aromatic rings. The van der Waals surface area contributed by atoms with Crippen LogP contribution < -0.4 is 11.3 Å². The second kappa shape index (κ2) is 6.93. The molecule has 0 amide bonds. The number of nitrogens with two attached hydrogens (primary N) is 1. The Labute approximate surface area is 125 Å². The Kier molecular flexibility index (Phi) is 5.22. The van der Waals surface area contributed by atoms with Gasteiger partial charge in [-0.2, -0.15) is 0 Å². The lowest BCUT2D eigenvalue weighted by Gasteiger charge is -2.17. The van der Waals surface area contributed by atoms with Crippen molar-refractivity contribution in [3.8, 4) is 0 Å². The highest BCUT2D eigenvalue weighted by molar-refractivity contribution is 6.30. The van der Waals surface area contributed by atoms with Gasteiger partial charge < -0.3 is 0 Å². The van der Waals surface area contributed by atoms with Crippen LogP contribution in [0.4, 0.5) is 13.2 Å². The van der Waals surface area contributed by atoms with Crippen molar-refractivity contribution < 1.29 is 13.2 Å². The molecule has 0 aliphatic rings. The highest BCUT2D eigenvalue weighted by atomic mass is 35.5. The number of hydrogen-bond acceptors (Lipinski definition) is 2. The van der Waals surface area contributed by atoms with Gasteiger partial charge in [-0.15, -0.1) is 0 Å². The van der Waals surface area contributed by atoms with Gasteiger partial charge in [0.05, 0.1) is 5.02 Å². The van der Waals surface area contributed by atoms with E-state index in [1.165, 1.54) is 30.3 Å². The summed E-state index contributed by atoms with van der Waals surface area (Å²) in [4.78, 5) is 0. The van der Waals surface area contributed by atoms with Gasteiger partial charge in [0.25, 0.3) is 0 Å². The van der Waals surface area contributed by atoms with Gasteiger partial charge in [0, 0.05) is 11.6 Å². The summed E-state index contributed by atoms with van der Waals surface area (Å²) in [6.07, 6.45) is 0.373. The Morgan fingerprint density at radius 3 is 2.24 bits per heavy atom. The maximum atomic E-state index is 13.6. The second-order valence-corrected chi connectivity index (χ2v) is 5.13. The number of nitrogens with one attached hydrogen (secondary N) is 1. The predicted octanol–water partition coefficient (Wildman–Crippen LogP) is 3.37. The third-order valence-corrected chi connectivity index (χ3v) is 3.52. The van der Waals surface area contributed by atoms with Gasteiger partial charge >= 0.3 is 0 Å². The van der Waals surface area contributed by atoms with Crippen LogP contribution >= 0.6 is 11.6 Å². The Morgan fingerprint density at radius 2 is 1.67 bits per heavy atom. The maximum Gasteiger partial charge on any atom is 0.142 e. The first kappa shape index (κ1) is 15.8. The average molecular weight is 315 g/mol. The largest absolute Gasteiger partial charge is 0.271 e. The van der Waals surface area contributed by atoms with Gasteiger partial charge in [0.1, 0.15) is 17.5 Å². The fourth-order valence-corrected chi connectivity index (χ4v) is 2.23. The van der Waals surface area contributed by atoms with E-state index in [2.05, 4.69) is 5.43 Å². The van der Waals surface area contributed by atoms with Gasteiger partial charge in [0.15, 0.2) is 0 Å². The molecule has 2 rings (SSSR count). The molecule has 0 fully saturated rings. The number of rotatable bonds is 5. The van der Waals surface area contributed by atoms with Crippen molar-refractivity contribution in [1.29, 1.82) is 0 Å². The molecule has 0 aliphatic heterocycles. The molecule has 0 saturated heterocycles. The summed E-state index contributed by atoms with van der Waals surface area (Å²) in [6, 6.07) is 7.61. The van der Waals surface area contributed by atoms with Crippen LogP contribution in [0.1, 0.15) is 11.1 Å². The molecule has 2 aromatic carbocycles. The average Bonchev–Trinajstić information content (AvgIpc) is 2.45. The van der Waals surface area contributed by atoms with Crippen LogP contribution in [0.5, 0.6) is 0 Å². The van der Waals surface area contributed by atoms with Crippen LogP contribution in [0.25, 0.3) is 0 Å². The van der Waals surface area contributed by atoms with Crippen molar-refractivity contribution in [2.24, 2.45) is 5.84 Å². The molecule has 0 radical (unpaired) electrons. The second-order valence-electron chi connectivity index (χ2n) is 4.72. The smallest absolute Gasteiger partial charge is 0.142 e. The van der Waals surface area contributed by atoms with Crippen molar-refractivity contribution in [1.82, 2.24) is 5.43 Å². The molecule has 112 valence electrons. The molecule has 0 spiro atoms. The Balaban J connectivity index is 2.15. The quantitative estimate of drug-likeness (QED) is 0.656. The molecular weight excluding hydrogens is 301 g/mol.